The number of fused-ring (bicyclic) bond motifs is 1. The topological polar surface area (TPSA) is 116 Å². The van der Waals surface area contributed by atoms with Gasteiger partial charge in [-0.1, -0.05) is 0 Å². The van der Waals surface area contributed by atoms with Crippen molar-refractivity contribution in [3.8, 4) is 5.82 Å². The molecular weight excluding hydrogens is 394 g/mol. The zero-order chi connectivity index (χ0) is 20.0. The molecule has 4 aromatic rings. The summed E-state index contributed by atoms with van der Waals surface area (Å²) in [5.41, 5.74) is 0.652. The lowest BCUT2D eigenvalue weighted by Crippen LogP contribution is -2.38. The van der Waals surface area contributed by atoms with E-state index < -0.39 is 10.0 Å². The minimum absolute atomic E-state index is 0.0700. The first-order chi connectivity index (χ1) is 14.0. The van der Waals surface area contributed by atoms with E-state index in [0.29, 0.717) is 37.4 Å². The van der Waals surface area contributed by atoms with Gasteiger partial charge in [0.05, 0.1) is 6.33 Å². The van der Waals surface area contributed by atoms with Crippen molar-refractivity contribution in [1.29, 1.82) is 0 Å². The lowest BCUT2D eigenvalue weighted by atomic mass is 9.97. The van der Waals surface area contributed by atoms with Crippen LogP contribution < -0.4 is 0 Å². The number of hydrogen-bond donors (Lipinski definition) is 0. The summed E-state index contributed by atoms with van der Waals surface area (Å²) in [5.74, 6) is 1.48. The van der Waals surface area contributed by atoms with Crippen LogP contribution in [-0.2, 0) is 17.1 Å². The number of rotatable bonds is 4. The Morgan fingerprint density at radius 3 is 2.66 bits per heavy atom. The fourth-order valence-corrected chi connectivity index (χ4v) is 5.02. The molecule has 4 aromatic heterocycles. The van der Waals surface area contributed by atoms with Crippen LogP contribution in [0.25, 0.3) is 11.5 Å². The molecule has 1 aliphatic heterocycles. The summed E-state index contributed by atoms with van der Waals surface area (Å²) in [7, 11) is -1.83. The van der Waals surface area contributed by atoms with Crippen molar-refractivity contribution in [2.24, 2.45) is 7.05 Å². The first-order valence-electron chi connectivity index (χ1n) is 9.23. The fourth-order valence-electron chi connectivity index (χ4n) is 3.59. The zero-order valence-electron chi connectivity index (χ0n) is 15.7. The molecule has 1 aliphatic rings. The zero-order valence-corrected chi connectivity index (χ0v) is 16.5. The van der Waals surface area contributed by atoms with Crippen LogP contribution in [0, 0.1) is 0 Å². The van der Waals surface area contributed by atoms with Crippen LogP contribution in [0.15, 0.2) is 48.1 Å². The molecule has 150 valence electrons. The predicted octanol–water partition coefficient (Wildman–Crippen LogP) is 0.612. The Hall–Kier alpha value is -3.12. The van der Waals surface area contributed by atoms with E-state index in [2.05, 4.69) is 25.4 Å². The van der Waals surface area contributed by atoms with Gasteiger partial charge in [0.15, 0.2) is 22.3 Å². The molecular formula is C17H19N9O2S. The van der Waals surface area contributed by atoms with E-state index in [4.69, 9.17) is 0 Å². The SMILES string of the molecule is Cn1cnc(S(=O)(=O)N2CCC(c3nnc4ccc(-n5cccn5)nn34)CC2)c1. The number of piperidine rings is 1. The lowest BCUT2D eigenvalue weighted by molar-refractivity contribution is 0.310. The van der Waals surface area contributed by atoms with E-state index in [1.807, 2.05) is 24.4 Å². The van der Waals surface area contributed by atoms with Gasteiger partial charge in [0.2, 0.25) is 0 Å². The van der Waals surface area contributed by atoms with Gasteiger partial charge in [-0.3, -0.25) is 0 Å². The van der Waals surface area contributed by atoms with Crippen molar-refractivity contribution in [2.45, 2.75) is 23.8 Å². The minimum atomic E-state index is -3.58. The molecule has 0 N–H and O–H groups in total. The van der Waals surface area contributed by atoms with Crippen molar-refractivity contribution in [3.63, 3.8) is 0 Å². The average molecular weight is 413 g/mol. The smallest absolute Gasteiger partial charge is 0.262 e. The van der Waals surface area contributed by atoms with Crippen LogP contribution in [0.5, 0.6) is 0 Å². The highest BCUT2D eigenvalue weighted by atomic mass is 32.2. The van der Waals surface area contributed by atoms with Crippen molar-refractivity contribution in [2.75, 3.05) is 13.1 Å². The molecule has 0 amide bonds. The molecule has 0 spiro atoms. The van der Waals surface area contributed by atoms with Gasteiger partial charge in [-0.05, 0) is 31.0 Å². The molecule has 0 aromatic carbocycles. The predicted molar refractivity (Wildman–Crippen MR) is 102 cm³/mol. The number of nitrogens with zero attached hydrogens (tertiary/aromatic N) is 9. The largest absolute Gasteiger partial charge is 0.339 e. The van der Waals surface area contributed by atoms with Crippen LogP contribution in [0.2, 0.25) is 0 Å². The molecule has 0 saturated carbocycles. The summed E-state index contributed by atoms with van der Waals surface area (Å²) >= 11 is 0. The van der Waals surface area contributed by atoms with Gasteiger partial charge in [-0.25, -0.2) is 18.1 Å². The maximum Gasteiger partial charge on any atom is 0.262 e. The maximum absolute atomic E-state index is 12.8. The second-order valence-electron chi connectivity index (χ2n) is 7.03. The molecule has 0 aliphatic carbocycles. The van der Waals surface area contributed by atoms with Gasteiger partial charge in [0, 0.05) is 44.6 Å². The van der Waals surface area contributed by atoms with Crippen molar-refractivity contribution < 1.29 is 8.42 Å². The standard InChI is InChI=1S/C17H19N9O2S/c1-23-11-16(18-12-23)29(27,28)24-9-5-13(6-10-24)17-21-20-14-3-4-15(22-26(14)17)25-8-2-7-19-25/h2-4,7-8,11-13H,5-6,9-10H2,1H3. The Labute approximate surface area is 166 Å². The monoisotopic (exact) mass is 413 g/mol. The molecule has 0 unspecified atom stereocenters. The number of sulfonamides is 1. The van der Waals surface area contributed by atoms with Crippen LogP contribution in [-0.4, -0.2) is 65.0 Å². The Kier molecular flexibility index (Phi) is 4.17. The summed E-state index contributed by atoms with van der Waals surface area (Å²) in [6, 6.07) is 5.51. The summed E-state index contributed by atoms with van der Waals surface area (Å²) in [6.45, 7) is 0.800. The van der Waals surface area contributed by atoms with Crippen molar-refractivity contribution >= 4 is 15.7 Å². The number of aryl methyl sites for hydroxylation is 1. The minimum Gasteiger partial charge on any atom is -0.339 e. The van der Waals surface area contributed by atoms with Crippen molar-refractivity contribution in [1.82, 2.24) is 43.4 Å². The van der Waals surface area contributed by atoms with Gasteiger partial charge in [-0.15, -0.1) is 15.3 Å². The molecule has 5 heterocycles. The summed E-state index contributed by atoms with van der Waals surface area (Å²) in [4.78, 5) is 4.00. The van der Waals surface area contributed by atoms with E-state index in [1.54, 1.807) is 27.0 Å². The first kappa shape index (κ1) is 17.9. The molecule has 0 atom stereocenters. The van der Waals surface area contributed by atoms with Crippen LogP contribution >= 0.6 is 0 Å². The highest BCUT2D eigenvalue weighted by Gasteiger charge is 2.33. The normalized spacial score (nSPS) is 16.6. The Morgan fingerprint density at radius 1 is 1.14 bits per heavy atom. The summed E-state index contributed by atoms with van der Waals surface area (Å²) in [6.07, 6.45) is 7.80. The molecule has 0 radical (unpaired) electrons. The molecule has 29 heavy (non-hydrogen) atoms. The molecule has 11 nitrogen and oxygen atoms in total. The van der Waals surface area contributed by atoms with Gasteiger partial charge in [0.25, 0.3) is 10.0 Å². The Balaban J connectivity index is 1.38. The van der Waals surface area contributed by atoms with Crippen molar-refractivity contribution in [3.05, 3.63) is 48.9 Å². The summed E-state index contributed by atoms with van der Waals surface area (Å²) < 4.78 is 32.1. The third kappa shape index (κ3) is 3.09. The lowest BCUT2D eigenvalue weighted by Gasteiger charge is -2.29. The molecule has 0 bridgehead atoms. The summed E-state index contributed by atoms with van der Waals surface area (Å²) in [5, 5.41) is 17.4. The van der Waals surface area contributed by atoms with E-state index in [0.717, 1.165) is 5.82 Å². The Morgan fingerprint density at radius 2 is 1.97 bits per heavy atom. The second-order valence-corrected chi connectivity index (χ2v) is 8.91. The first-order valence-corrected chi connectivity index (χ1v) is 10.7. The van der Waals surface area contributed by atoms with E-state index in [-0.39, 0.29) is 10.9 Å². The fraction of sp³-hybridized carbons (Fsp3) is 0.353. The quantitative estimate of drug-likeness (QED) is 0.481. The van der Waals surface area contributed by atoms with Gasteiger partial charge >= 0.3 is 0 Å². The molecule has 1 fully saturated rings. The van der Waals surface area contributed by atoms with Crippen LogP contribution in [0.4, 0.5) is 0 Å². The van der Waals surface area contributed by atoms with E-state index in [1.165, 1.54) is 16.8 Å². The van der Waals surface area contributed by atoms with E-state index >= 15 is 0 Å². The van der Waals surface area contributed by atoms with Gasteiger partial charge in [0.1, 0.15) is 0 Å². The van der Waals surface area contributed by atoms with Gasteiger partial charge < -0.3 is 4.57 Å². The average Bonchev–Trinajstić information content (AvgIpc) is 3.48. The Bertz CT molecular complexity index is 1250. The van der Waals surface area contributed by atoms with E-state index in [9.17, 15) is 8.42 Å². The highest BCUT2D eigenvalue weighted by Crippen LogP contribution is 2.29. The third-order valence-electron chi connectivity index (χ3n) is 5.12. The second kappa shape index (κ2) is 6.74. The maximum atomic E-state index is 12.8. The highest BCUT2D eigenvalue weighted by molar-refractivity contribution is 7.89. The van der Waals surface area contributed by atoms with Crippen LogP contribution in [0.3, 0.4) is 0 Å². The number of imidazole rings is 1. The molecule has 12 heteroatoms. The third-order valence-corrected chi connectivity index (χ3v) is 6.90. The molecule has 5 rings (SSSR count). The van der Waals surface area contributed by atoms with Gasteiger partial charge in [-0.2, -0.15) is 13.9 Å². The van der Waals surface area contributed by atoms with Crippen LogP contribution in [0.1, 0.15) is 24.6 Å². The molecule has 1 saturated heterocycles. The number of hydrogen-bond acceptors (Lipinski definition) is 7. The number of aromatic nitrogens is 8.